The maximum atomic E-state index is 12.6. The summed E-state index contributed by atoms with van der Waals surface area (Å²) in [4.78, 5) is 17.2. The standard InChI is InChI=1S/C23H32N4O3/c1-26(2)18-12-10-17(11-13-18)20(27-14-5-6-15-27)16-24-23(28)25-19-8-7-9-21(29-3)22(19)30-4/h7-13,20H,5-6,14-16H2,1-4H3,(H2,24,25,28)/t20-/m1/s1. The van der Waals surface area contributed by atoms with Gasteiger partial charge in [-0.2, -0.15) is 0 Å². The highest BCUT2D eigenvalue weighted by molar-refractivity contribution is 5.91. The Morgan fingerprint density at radius 3 is 2.37 bits per heavy atom. The average Bonchev–Trinajstić information content (AvgIpc) is 3.28. The summed E-state index contributed by atoms with van der Waals surface area (Å²) in [5.74, 6) is 1.08. The lowest BCUT2D eigenvalue weighted by Gasteiger charge is -2.28. The van der Waals surface area contributed by atoms with E-state index in [0.29, 0.717) is 23.7 Å². The number of amides is 2. The van der Waals surface area contributed by atoms with Crippen LogP contribution in [-0.2, 0) is 0 Å². The van der Waals surface area contributed by atoms with Gasteiger partial charge >= 0.3 is 6.03 Å². The fraction of sp³-hybridized carbons (Fsp3) is 0.435. The van der Waals surface area contributed by atoms with Gasteiger partial charge in [-0.25, -0.2) is 4.79 Å². The Bertz CT molecular complexity index is 833. The quantitative estimate of drug-likeness (QED) is 0.692. The fourth-order valence-electron chi connectivity index (χ4n) is 3.85. The number of nitrogens with one attached hydrogen (secondary N) is 2. The zero-order valence-electron chi connectivity index (χ0n) is 18.3. The van der Waals surface area contributed by atoms with Gasteiger partial charge in [0.05, 0.1) is 25.9 Å². The number of methoxy groups -OCH3 is 2. The highest BCUT2D eigenvalue weighted by Crippen LogP contribution is 2.34. The first kappa shape index (κ1) is 21.8. The molecule has 30 heavy (non-hydrogen) atoms. The number of ether oxygens (including phenoxy) is 2. The average molecular weight is 413 g/mol. The van der Waals surface area contributed by atoms with Crippen LogP contribution in [0.25, 0.3) is 0 Å². The summed E-state index contributed by atoms with van der Waals surface area (Å²) in [5, 5.41) is 5.91. The second kappa shape index (κ2) is 10.2. The Morgan fingerprint density at radius 1 is 1.07 bits per heavy atom. The maximum Gasteiger partial charge on any atom is 0.319 e. The molecule has 3 rings (SSSR count). The number of nitrogens with zero attached hydrogens (tertiary/aromatic N) is 2. The van der Waals surface area contributed by atoms with E-state index in [2.05, 4.69) is 44.7 Å². The van der Waals surface area contributed by atoms with Crippen molar-refractivity contribution in [2.45, 2.75) is 18.9 Å². The van der Waals surface area contributed by atoms with Crippen molar-refractivity contribution in [1.29, 1.82) is 0 Å². The lowest BCUT2D eigenvalue weighted by molar-refractivity contribution is 0.227. The Morgan fingerprint density at radius 2 is 1.77 bits per heavy atom. The molecule has 162 valence electrons. The third-order valence-electron chi connectivity index (χ3n) is 5.48. The van der Waals surface area contributed by atoms with Crippen molar-refractivity contribution in [2.24, 2.45) is 0 Å². The number of likely N-dealkylation sites (tertiary alicyclic amines) is 1. The summed E-state index contributed by atoms with van der Waals surface area (Å²) < 4.78 is 10.7. The molecule has 7 heteroatoms. The molecule has 0 saturated carbocycles. The molecule has 2 aromatic carbocycles. The Balaban J connectivity index is 1.69. The molecular weight excluding hydrogens is 380 g/mol. The Labute approximate surface area is 179 Å². The first-order chi connectivity index (χ1) is 14.5. The molecule has 0 aliphatic carbocycles. The van der Waals surface area contributed by atoms with Crippen LogP contribution in [0.1, 0.15) is 24.4 Å². The summed E-state index contributed by atoms with van der Waals surface area (Å²) in [6.45, 7) is 2.62. The van der Waals surface area contributed by atoms with E-state index in [1.54, 1.807) is 26.4 Å². The van der Waals surface area contributed by atoms with Crippen molar-refractivity contribution in [3.05, 3.63) is 48.0 Å². The molecule has 7 nitrogen and oxygen atoms in total. The topological polar surface area (TPSA) is 66.1 Å². The van der Waals surface area contributed by atoms with Crippen molar-refractivity contribution < 1.29 is 14.3 Å². The molecule has 0 aromatic heterocycles. The fourth-order valence-corrected chi connectivity index (χ4v) is 3.85. The van der Waals surface area contributed by atoms with Crippen LogP contribution in [0.4, 0.5) is 16.2 Å². The number of benzene rings is 2. The van der Waals surface area contributed by atoms with Crippen LogP contribution in [0.5, 0.6) is 11.5 Å². The molecule has 1 atom stereocenters. The van der Waals surface area contributed by atoms with Crippen molar-refractivity contribution in [3.8, 4) is 11.5 Å². The van der Waals surface area contributed by atoms with Crippen LogP contribution in [0, 0.1) is 0 Å². The van der Waals surface area contributed by atoms with Crippen LogP contribution in [0.2, 0.25) is 0 Å². The van der Waals surface area contributed by atoms with Gasteiger partial charge in [-0.05, 0) is 55.8 Å². The smallest absolute Gasteiger partial charge is 0.319 e. The van der Waals surface area contributed by atoms with Gasteiger partial charge in [0, 0.05) is 26.3 Å². The van der Waals surface area contributed by atoms with Gasteiger partial charge < -0.3 is 25.0 Å². The first-order valence-electron chi connectivity index (χ1n) is 10.3. The van der Waals surface area contributed by atoms with Gasteiger partial charge in [0.25, 0.3) is 0 Å². The number of urea groups is 1. The van der Waals surface area contributed by atoms with E-state index in [9.17, 15) is 4.79 Å². The minimum atomic E-state index is -0.268. The summed E-state index contributed by atoms with van der Waals surface area (Å²) in [6, 6.07) is 13.8. The highest BCUT2D eigenvalue weighted by atomic mass is 16.5. The van der Waals surface area contributed by atoms with Crippen molar-refractivity contribution >= 4 is 17.4 Å². The van der Waals surface area contributed by atoms with Gasteiger partial charge in [0.2, 0.25) is 0 Å². The molecule has 0 radical (unpaired) electrons. The number of carbonyl (C=O) groups excluding carboxylic acids is 1. The minimum Gasteiger partial charge on any atom is -0.493 e. The third kappa shape index (κ3) is 5.16. The van der Waals surface area contributed by atoms with E-state index in [1.165, 1.54) is 18.4 Å². The van der Waals surface area contributed by atoms with Gasteiger partial charge in [-0.1, -0.05) is 18.2 Å². The van der Waals surface area contributed by atoms with Gasteiger partial charge in [-0.3, -0.25) is 4.90 Å². The lowest BCUT2D eigenvalue weighted by atomic mass is 10.0. The SMILES string of the molecule is COc1cccc(NC(=O)NC[C@H](c2ccc(N(C)C)cc2)N2CCCC2)c1OC. The largest absolute Gasteiger partial charge is 0.493 e. The van der Waals surface area contributed by atoms with E-state index in [-0.39, 0.29) is 12.1 Å². The van der Waals surface area contributed by atoms with Crippen molar-refractivity contribution in [3.63, 3.8) is 0 Å². The molecule has 0 bridgehead atoms. The predicted octanol–water partition coefficient (Wildman–Crippen LogP) is 3.73. The van der Waals surface area contributed by atoms with Crippen LogP contribution in [0.15, 0.2) is 42.5 Å². The second-order valence-corrected chi connectivity index (χ2v) is 7.62. The van der Waals surface area contributed by atoms with Gasteiger partial charge in [-0.15, -0.1) is 0 Å². The molecule has 0 unspecified atom stereocenters. The normalized spacial score (nSPS) is 14.8. The molecular formula is C23H32N4O3. The Kier molecular flexibility index (Phi) is 7.41. The summed E-state index contributed by atoms with van der Waals surface area (Å²) >= 11 is 0. The molecule has 1 fully saturated rings. The monoisotopic (exact) mass is 412 g/mol. The highest BCUT2D eigenvalue weighted by Gasteiger charge is 2.24. The van der Waals surface area contributed by atoms with E-state index >= 15 is 0 Å². The third-order valence-corrected chi connectivity index (χ3v) is 5.48. The van der Waals surface area contributed by atoms with E-state index in [0.717, 1.165) is 18.8 Å². The zero-order valence-corrected chi connectivity index (χ0v) is 18.3. The summed E-state index contributed by atoms with van der Waals surface area (Å²) in [7, 11) is 7.20. The first-order valence-corrected chi connectivity index (χ1v) is 10.3. The van der Waals surface area contributed by atoms with E-state index in [4.69, 9.17) is 9.47 Å². The summed E-state index contributed by atoms with van der Waals surface area (Å²) in [5.41, 5.74) is 2.94. The molecule has 1 heterocycles. The number of anilines is 2. The van der Waals surface area contributed by atoms with Gasteiger partial charge in [0.1, 0.15) is 0 Å². The Hall–Kier alpha value is -2.93. The van der Waals surface area contributed by atoms with Crippen molar-refractivity contribution in [2.75, 3.05) is 58.2 Å². The molecule has 2 amide bonds. The number of rotatable bonds is 8. The molecule has 2 N–H and O–H groups in total. The lowest BCUT2D eigenvalue weighted by Crippen LogP contribution is -2.38. The second-order valence-electron chi connectivity index (χ2n) is 7.62. The predicted molar refractivity (Wildman–Crippen MR) is 121 cm³/mol. The van der Waals surface area contributed by atoms with E-state index < -0.39 is 0 Å². The number of hydrogen-bond acceptors (Lipinski definition) is 5. The van der Waals surface area contributed by atoms with Gasteiger partial charge in [0.15, 0.2) is 11.5 Å². The van der Waals surface area contributed by atoms with Crippen LogP contribution in [-0.4, -0.2) is 58.9 Å². The minimum absolute atomic E-state index is 0.140. The maximum absolute atomic E-state index is 12.6. The number of hydrogen-bond donors (Lipinski definition) is 2. The van der Waals surface area contributed by atoms with Crippen molar-refractivity contribution in [1.82, 2.24) is 10.2 Å². The van der Waals surface area contributed by atoms with Crippen LogP contribution in [0.3, 0.4) is 0 Å². The number of carbonyl (C=O) groups is 1. The van der Waals surface area contributed by atoms with Crippen LogP contribution >= 0.6 is 0 Å². The molecule has 1 aliphatic heterocycles. The molecule has 1 saturated heterocycles. The summed E-state index contributed by atoms with van der Waals surface area (Å²) in [6.07, 6.45) is 2.39. The van der Waals surface area contributed by atoms with E-state index in [1.807, 2.05) is 20.2 Å². The number of para-hydroxylation sites is 1. The molecule has 2 aromatic rings. The zero-order chi connectivity index (χ0) is 21.5. The molecule has 0 spiro atoms. The molecule has 1 aliphatic rings. The van der Waals surface area contributed by atoms with Crippen LogP contribution < -0.4 is 25.0 Å².